The van der Waals surface area contributed by atoms with E-state index in [1.165, 1.54) is 0 Å². The Hall–Kier alpha value is -0.240. The fraction of sp³-hybridized carbons (Fsp3) is 1.00. The smallest absolute Gasteiger partial charge is 0.115 e. The molecule has 22 heavy (non-hydrogen) atoms. The molecule has 0 spiro atoms. The van der Waals surface area contributed by atoms with Crippen molar-refractivity contribution >= 4 is 0 Å². The Bertz CT molecular complexity index is 303. The molecule has 0 aliphatic heterocycles. The molecule has 0 aliphatic rings. The Morgan fingerprint density at radius 1 is 0.818 bits per heavy atom. The molecule has 2 N–H and O–H groups in total. The second-order valence-electron chi connectivity index (χ2n) is 8.65. The number of hydrogen-bond donors (Lipinski definition) is 2. The van der Waals surface area contributed by atoms with Crippen molar-refractivity contribution in [1.29, 1.82) is 0 Å². The molecule has 0 bridgehead atoms. The van der Waals surface area contributed by atoms with Crippen LogP contribution in [0, 0.1) is 0 Å². The lowest BCUT2D eigenvalue weighted by Crippen LogP contribution is -2.51. The molecular formula is C16H40N4O2+2. The van der Waals surface area contributed by atoms with Crippen LogP contribution in [-0.4, -0.2) is 137 Å². The zero-order valence-electron chi connectivity index (χ0n) is 16.1. The van der Waals surface area contributed by atoms with Crippen molar-refractivity contribution in [3.05, 3.63) is 0 Å². The van der Waals surface area contributed by atoms with E-state index in [1.807, 2.05) is 19.0 Å². The highest BCUT2D eigenvalue weighted by atomic mass is 16.3. The monoisotopic (exact) mass is 320 g/mol. The minimum absolute atomic E-state index is 0.306. The van der Waals surface area contributed by atoms with Gasteiger partial charge in [-0.1, -0.05) is 0 Å². The second kappa shape index (κ2) is 9.15. The highest BCUT2D eigenvalue weighted by molar-refractivity contribution is 4.62. The lowest BCUT2D eigenvalue weighted by Gasteiger charge is -2.34. The van der Waals surface area contributed by atoms with E-state index in [1.54, 1.807) is 0 Å². The van der Waals surface area contributed by atoms with Crippen molar-refractivity contribution < 1.29 is 19.2 Å². The van der Waals surface area contributed by atoms with Gasteiger partial charge in [-0.2, -0.15) is 0 Å². The Morgan fingerprint density at radius 2 is 1.32 bits per heavy atom. The van der Waals surface area contributed by atoms with Gasteiger partial charge in [0.25, 0.3) is 0 Å². The largest absolute Gasteiger partial charge is 0.386 e. The van der Waals surface area contributed by atoms with Crippen LogP contribution in [0.1, 0.15) is 0 Å². The summed E-state index contributed by atoms with van der Waals surface area (Å²) in [7, 11) is 16.6. The Morgan fingerprint density at radius 3 is 1.77 bits per heavy atom. The average molecular weight is 321 g/mol. The third-order valence-corrected chi connectivity index (χ3v) is 3.65. The van der Waals surface area contributed by atoms with E-state index in [9.17, 15) is 10.2 Å². The summed E-state index contributed by atoms with van der Waals surface area (Å²) >= 11 is 0. The molecule has 0 aromatic carbocycles. The van der Waals surface area contributed by atoms with Crippen molar-refractivity contribution in [2.75, 3.05) is 95.6 Å². The minimum atomic E-state index is -0.306. The fourth-order valence-electron chi connectivity index (χ4n) is 2.72. The van der Waals surface area contributed by atoms with Crippen LogP contribution >= 0.6 is 0 Å². The highest BCUT2D eigenvalue weighted by Crippen LogP contribution is 2.03. The van der Waals surface area contributed by atoms with Crippen LogP contribution in [-0.2, 0) is 0 Å². The SMILES string of the molecule is CN(C)CC(O)C[N+](C)(C)CCN(C)CC(O)C[N+](C)(C)C. The van der Waals surface area contributed by atoms with Crippen LogP contribution < -0.4 is 0 Å². The van der Waals surface area contributed by atoms with E-state index in [0.717, 1.165) is 35.1 Å². The number of nitrogens with zero attached hydrogens (tertiary/aromatic N) is 4. The summed E-state index contributed by atoms with van der Waals surface area (Å²) in [5.74, 6) is 0. The van der Waals surface area contributed by atoms with Crippen molar-refractivity contribution in [3.63, 3.8) is 0 Å². The van der Waals surface area contributed by atoms with Gasteiger partial charge in [0.05, 0.1) is 41.8 Å². The summed E-state index contributed by atoms with van der Waals surface area (Å²) in [5.41, 5.74) is 0. The van der Waals surface area contributed by atoms with Crippen LogP contribution in [0.25, 0.3) is 0 Å². The van der Waals surface area contributed by atoms with Crippen LogP contribution in [0.4, 0.5) is 0 Å². The zero-order chi connectivity index (χ0) is 17.6. The first kappa shape index (κ1) is 21.8. The zero-order valence-corrected chi connectivity index (χ0v) is 16.1. The molecular weight excluding hydrogens is 280 g/mol. The summed E-state index contributed by atoms with van der Waals surface area (Å²) in [6, 6.07) is 0. The first-order valence-electron chi connectivity index (χ1n) is 8.12. The quantitative estimate of drug-likeness (QED) is 0.479. The number of aliphatic hydroxyl groups excluding tert-OH is 2. The summed E-state index contributed by atoms with van der Waals surface area (Å²) in [4.78, 5) is 4.19. The molecule has 0 rings (SSSR count). The van der Waals surface area contributed by atoms with E-state index >= 15 is 0 Å². The van der Waals surface area contributed by atoms with Crippen molar-refractivity contribution in [3.8, 4) is 0 Å². The van der Waals surface area contributed by atoms with Crippen LogP contribution in [0.15, 0.2) is 0 Å². The van der Waals surface area contributed by atoms with E-state index in [0.29, 0.717) is 13.1 Å². The molecule has 134 valence electrons. The lowest BCUT2D eigenvalue weighted by atomic mass is 10.2. The topological polar surface area (TPSA) is 46.9 Å². The number of likely N-dealkylation sites (N-methyl/N-ethyl adjacent to an activating group) is 4. The molecule has 0 amide bonds. The van der Waals surface area contributed by atoms with Gasteiger partial charge in [0.1, 0.15) is 25.3 Å². The predicted octanol–water partition coefficient (Wildman–Crippen LogP) is -1.02. The van der Waals surface area contributed by atoms with E-state index in [4.69, 9.17) is 0 Å². The normalized spacial score (nSPS) is 16.4. The van der Waals surface area contributed by atoms with Crippen LogP contribution in [0.2, 0.25) is 0 Å². The minimum Gasteiger partial charge on any atom is -0.386 e. The summed E-state index contributed by atoms with van der Waals surface area (Å²) in [5, 5.41) is 20.2. The summed E-state index contributed by atoms with van der Waals surface area (Å²) < 4.78 is 1.55. The first-order valence-corrected chi connectivity index (χ1v) is 8.12. The highest BCUT2D eigenvalue weighted by Gasteiger charge is 2.23. The Kier molecular flexibility index (Phi) is 9.05. The maximum absolute atomic E-state index is 10.1. The third-order valence-electron chi connectivity index (χ3n) is 3.65. The summed E-state index contributed by atoms with van der Waals surface area (Å²) in [6.45, 7) is 4.75. The van der Waals surface area contributed by atoms with Gasteiger partial charge in [0.15, 0.2) is 0 Å². The standard InChI is InChI=1S/C16H40N4O2/c1-17(2)11-15(21)14-20(7,8)10-9-18(3)12-16(22)13-19(4,5)6/h15-16,21-22H,9-14H2,1-8H3/q+2. The van der Waals surface area contributed by atoms with Crippen molar-refractivity contribution in [2.45, 2.75) is 12.2 Å². The van der Waals surface area contributed by atoms with Crippen LogP contribution in [0.5, 0.6) is 0 Å². The molecule has 0 saturated heterocycles. The fourth-order valence-corrected chi connectivity index (χ4v) is 2.72. The molecule has 0 aromatic heterocycles. The predicted molar refractivity (Wildman–Crippen MR) is 92.8 cm³/mol. The number of rotatable bonds is 11. The van der Waals surface area contributed by atoms with E-state index in [-0.39, 0.29) is 12.2 Å². The molecule has 0 radical (unpaired) electrons. The molecule has 6 heteroatoms. The Labute approximate surface area is 137 Å². The molecule has 2 atom stereocenters. The Balaban J connectivity index is 4.13. The van der Waals surface area contributed by atoms with Gasteiger partial charge in [0.2, 0.25) is 0 Å². The first-order chi connectivity index (χ1) is 9.81. The molecule has 0 aliphatic carbocycles. The van der Waals surface area contributed by atoms with Gasteiger partial charge in [0, 0.05) is 19.6 Å². The molecule has 0 saturated carbocycles. The van der Waals surface area contributed by atoms with E-state index in [2.05, 4.69) is 47.2 Å². The molecule has 0 heterocycles. The number of hydrogen-bond acceptors (Lipinski definition) is 4. The maximum atomic E-state index is 10.1. The van der Waals surface area contributed by atoms with Crippen molar-refractivity contribution in [2.24, 2.45) is 0 Å². The van der Waals surface area contributed by atoms with Gasteiger partial charge >= 0.3 is 0 Å². The van der Waals surface area contributed by atoms with Gasteiger partial charge in [-0.05, 0) is 21.1 Å². The second-order valence-corrected chi connectivity index (χ2v) is 8.65. The number of quaternary nitrogens is 2. The molecule has 2 unspecified atom stereocenters. The average Bonchev–Trinajstić information content (AvgIpc) is 2.21. The third kappa shape index (κ3) is 12.3. The summed E-state index contributed by atoms with van der Waals surface area (Å²) in [6.07, 6.45) is -0.612. The van der Waals surface area contributed by atoms with Gasteiger partial charge in [-0.15, -0.1) is 0 Å². The number of aliphatic hydroxyl groups is 2. The lowest BCUT2D eigenvalue weighted by molar-refractivity contribution is -0.892. The molecule has 6 nitrogen and oxygen atoms in total. The van der Waals surface area contributed by atoms with Gasteiger partial charge < -0.3 is 24.1 Å². The van der Waals surface area contributed by atoms with Crippen LogP contribution in [0.3, 0.4) is 0 Å². The van der Waals surface area contributed by atoms with Gasteiger partial charge in [-0.3, -0.25) is 4.90 Å². The molecule has 0 fully saturated rings. The van der Waals surface area contributed by atoms with Gasteiger partial charge in [-0.25, -0.2) is 0 Å². The maximum Gasteiger partial charge on any atom is 0.115 e. The van der Waals surface area contributed by atoms with Crippen molar-refractivity contribution in [1.82, 2.24) is 9.80 Å². The molecule has 0 aromatic rings. The van der Waals surface area contributed by atoms with E-state index < -0.39 is 0 Å².